The number of nitrogen functional groups attached to an aromatic ring is 1. The van der Waals surface area contributed by atoms with E-state index in [4.69, 9.17) is 5.73 Å². The van der Waals surface area contributed by atoms with Crippen LogP contribution in [0.2, 0.25) is 0 Å². The Hall–Kier alpha value is -2.34. The van der Waals surface area contributed by atoms with Crippen LogP contribution in [0.1, 0.15) is 16.8 Å². The largest absolute Gasteiger partial charge is 0.504 e. The second-order valence-corrected chi connectivity index (χ2v) is 4.98. The van der Waals surface area contributed by atoms with Crippen molar-refractivity contribution >= 4 is 5.95 Å². The highest BCUT2D eigenvalue weighted by molar-refractivity contribution is 5.40. The maximum Gasteiger partial charge on any atom is 0.220 e. The first-order chi connectivity index (χ1) is 9.61. The lowest BCUT2D eigenvalue weighted by molar-refractivity contribution is 0.242. The van der Waals surface area contributed by atoms with E-state index in [-0.39, 0.29) is 11.5 Å². The summed E-state index contributed by atoms with van der Waals surface area (Å²) < 4.78 is 0. The Kier molecular flexibility index (Phi) is 3.15. The van der Waals surface area contributed by atoms with Crippen LogP contribution in [0.15, 0.2) is 24.4 Å². The average molecular weight is 272 g/mol. The van der Waals surface area contributed by atoms with Crippen LogP contribution in [-0.2, 0) is 19.5 Å². The van der Waals surface area contributed by atoms with E-state index in [1.807, 2.05) is 6.07 Å². The number of nitrogens with two attached hydrogens (primary N) is 1. The Morgan fingerprint density at radius 3 is 2.90 bits per heavy atom. The van der Waals surface area contributed by atoms with Crippen LogP contribution in [0, 0.1) is 0 Å². The van der Waals surface area contributed by atoms with Gasteiger partial charge in [-0.1, -0.05) is 6.07 Å². The molecule has 0 bridgehead atoms. The Morgan fingerprint density at radius 1 is 1.25 bits per heavy atom. The molecule has 0 spiro atoms. The molecule has 1 aromatic heterocycles. The summed E-state index contributed by atoms with van der Waals surface area (Å²) in [5.74, 6) is 0.137. The zero-order valence-corrected chi connectivity index (χ0v) is 11.0. The van der Waals surface area contributed by atoms with Crippen LogP contribution >= 0.6 is 0 Å². The number of fused-ring (bicyclic) bond motifs is 1. The van der Waals surface area contributed by atoms with E-state index in [1.165, 1.54) is 6.07 Å². The van der Waals surface area contributed by atoms with Gasteiger partial charge in [0.05, 0.1) is 5.69 Å². The quantitative estimate of drug-likeness (QED) is 0.707. The molecule has 6 nitrogen and oxygen atoms in total. The molecule has 1 aliphatic rings. The van der Waals surface area contributed by atoms with E-state index in [9.17, 15) is 10.2 Å². The third-order valence-corrected chi connectivity index (χ3v) is 3.48. The molecule has 1 aliphatic heterocycles. The lowest BCUT2D eigenvalue weighted by Crippen LogP contribution is -2.31. The second-order valence-electron chi connectivity index (χ2n) is 4.98. The van der Waals surface area contributed by atoms with Crippen molar-refractivity contribution in [2.75, 3.05) is 12.3 Å². The summed E-state index contributed by atoms with van der Waals surface area (Å²) in [7, 11) is 0. The Balaban J connectivity index is 1.74. The molecule has 0 atom stereocenters. The molecule has 1 aromatic carbocycles. The molecule has 2 heterocycles. The molecule has 0 aliphatic carbocycles. The van der Waals surface area contributed by atoms with Gasteiger partial charge in [0, 0.05) is 37.8 Å². The highest BCUT2D eigenvalue weighted by Gasteiger charge is 2.18. The van der Waals surface area contributed by atoms with Crippen molar-refractivity contribution < 1.29 is 10.2 Å². The summed E-state index contributed by atoms with van der Waals surface area (Å²) in [6.07, 6.45) is 2.62. The summed E-state index contributed by atoms with van der Waals surface area (Å²) in [6.45, 7) is 2.35. The maximum absolute atomic E-state index is 9.52. The Labute approximate surface area is 116 Å². The summed E-state index contributed by atoms with van der Waals surface area (Å²) in [5.41, 5.74) is 8.65. The molecule has 0 saturated heterocycles. The molecule has 4 N–H and O–H groups in total. The summed E-state index contributed by atoms with van der Waals surface area (Å²) in [4.78, 5) is 10.5. The molecule has 6 heteroatoms. The molecular weight excluding hydrogens is 256 g/mol. The SMILES string of the molecule is Nc1ncc2c(n1)CCN(Cc1ccc(O)c(O)c1)C2. The summed E-state index contributed by atoms with van der Waals surface area (Å²) in [6, 6.07) is 4.90. The van der Waals surface area contributed by atoms with Crippen LogP contribution < -0.4 is 5.73 Å². The lowest BCUT2D eigenvalue weighted by atomic mass is 10.1. The monoisotopic (exact) mass is 272 g/mol. The van der Waals surface area contributed by atoms with Gasteiger partial charge in [0.25, 0.3) is 0 Å². The van der Waals surface area contributed by atoms with Gasteiger partial charge >= 0.3 is 0 Å². The highest BCUT2D eigenvalue weighted by Crippen LogP contribution is 2.26. The van der Waals surface area contributed by atoms with Gasteiger partial charge < -0.3 is 15.9 Å². The van der Waals surface area contributed by atoms with Crippen LogP contribution in [0.3, 0.4) is 0 Å². The molecular formula is C14H16N4O2. The van der Waals surface area contributed by atoms with Crippen molar-refractivity contribution in [3.05, 3.63) is 41.2 Å². The molecule has 2 aromatic rings. The fourth-order valence-electron chi connectivity index (χ4n) is 2.45. The minimum Gasteiger partial charge on any atom is -0.504 e. The minimum absolute atomic E-state index is 0.0870. The number of aromatic hydroxyl groups is 2. The average Bonchev–Trinajstić information content (AvgIpc) is 2.43. The number of aromatic nitrogens is 2. The first-order valence-electron chi connectivity index (χ1n) is 6.45. The van der Waals surface area contributed by atoms with E-state index in [0.29, 0.717) is 12.5 Å². The van der Waals surface area contributed by atoms with Crippen LogP contribution in [0.25, 0.3) is 0 Å². The summed E-state index contributed by atoms with van der Waals surface area (Å²) >= 11 is 0. The number of phenols is 2. The predicted octanol–water partition coefficient (Wildman–Crippen LogP) is 1.03. The Morgan fingerprint density at radius 2 is 2.10 bits per heavy atom. The number of nitrogens with zero attached hydrogens (tertiary/aromatic N) is 3. The number of anilines is 1. The molecule has 3 rings (SSSR count). The van der Waals surface area contributed by atoms with E-state index < -0.39 is 0 Å². The number of hydrogen-bond acceptors (Lipinski definition) is 6. The van der Waals surface area contributed by atoms with Gasteiger partial charge in [-0.15, -0.1) is 0 Å². The van der Waals surface area contributed by atoms with Gasteiger partial charge in [-0.2, -0.15) is 0 Å². The molecule has 0 amide bonds. The van der Waals surface area contributed by atoms with Crippen LogP contribution in [0.5, 0.6) is 11.5 Å². The fourth-order valence-corrected chi connectivity index (χ4v) is 2.45. The molecule has 0 radical (unpaired) electrons. The van der Waals surface area contributed by atoms with Crippen molar-refractivity contribution in [3.8, 4) is 11.5 Å². The minimum atomic E-state index is -0.0957. The van der Waals surface area contributed by atoms with Crippen molar-refractivity contribution in [3.63, 3.8) is 0 Å². The van der Waals surface area contributed by atoms with Gasteiger partial charge in [-0.25, -0.2) is 9.97 Å². The molecule has 104 valence electrons. The zero-order chi connectivity index (χ0) is 14.1. The maximum atomic E-state index is 9.52. The normalized spacial score (nSPS) is 15.0. The van der Waals surface area contributed by atoms with Gasteiger partial charge in [0.15, 0.2) is 11.5 Å². The molecule has 20 heavy (non-hydrogen) atoms. The van der Waals surface area contributed by atoms with E-state index >= 15 is 0 Å². The molecule has 0 saturated carbocycles. The number of phenolic OH excluding ortho intramolecular Hbond substituents is 2. The first kappa shape index (κ1) is 12.7. The topological polar surface area (TPSA) is 95.5 Å². The lowest BCUT2D eigenvalue weighted by Gasteiger charge is -2.27. The third-order valence-electron chi connectivity index (χ3n) is 3.48. The molecule has 0 unspecified atom stereocenters. The van der Waals surface area contributed by atoms with Gasteiger partial charge in [0.1, 0.15) is 0 Å². The van der Waals surface area contributed by atoms with Crippen molar-refractivity contribution in [2.45, 2.75) is 19.5 Å². The smallest absolute Gasteiger partial charge is 0.220 e. The van der Waals surface area contributed by atoms with Crippen molar-refractivity contribution in [1.29, 1.82) is 0 Å². The van der Waals surface area contributed by atoms with E-state index in [2.05, 4.69) is 14.9 Å². The Bertz CT molecular complexity index is 645. The fraction of sp³-hybridized carbons (Fsp3) is 0.286. The zero-order valence-electron chi connectivity index (χ0n) is 11.0. The van der Waals surface area contributed by atoms with E-state index in [1.54, 1.807) is 12.3 Å². The first-order valence-corrected chi connectivity index (χ1v) is 6.45. The van der Waals surface area contributed by atoms with Crippen LogP contribution in [-0.4, -0.2) is 31.6 Å². The van der Waals surface area contributed by atoms with Gasteiger partial charge in [-0.05, 0) is 17.7 Å². The number of benzene rings is 1. The molecule has 0 fully saturated rings. The number of rotatable bonds is 2. The third kappa shape index (κ3) is 2.50. The van der Waals surface area contributed by atoms with Gasteiger partial charge in [-0.3, -0.25) is 4.90 Å². The second kappa shape index (κ2) is 4.97. The van der Waals surface area contributed by atoms with Crippen molar-refractivity contribution in [2.24, 2.45) is 0 Å². The summed E-state index contributed by atoms with van der Waals surface area (Å²) in [5, 5.41) is 18.8. The van der Waals surface area contributed by atoms with Gasteiger partial charge in [0.2, 0.25) is 5.95 Å². The standard InChI is InChI=1S/C14H16N4O2/c15-14-16-6-10-8-18(4-3-11(10)17-14)7-9-1-2-12(19)13(20)5-9/h1-2,5-6,19-20H,3-4,7-8H2,(H2,15,16,17). The van der Waals surface area contributed by atoms with E-state index in [0.717, 1.165) is 36.3 Å². The predicted molar refractivity (Wildman–Crippen MR) is 74.0 cm³/mol. The van der Waals surface area contributed by atoms with Crippen molar-refractivity contribution in [1.82, 2.24) is 14.9 Å². The number of hydrogen-bond donors (Lipinski definition) is 3. The highest BCUT2D eigenvalue weighted by atomic mass is 16.3. The van der Waals surface area contributed by atoms with Crippen LogP contribution in [0.4, 0.5) is 5.95 Å².